The second kappa shape index (κ2) is 11.6. The Balaban J connectivity index is 5.07. The third-order valence-corrected chi connectivity index (χ3v) is 4.16. The summed E-state index contributed by atoms with van der Waals surface area (Å²) in [6.07, 6.45) is -0.975. The fourth-order valence-electron chi connectivity index (χ4n) is 2.32. The summed E-state index contributed by atoms with van der Waals surface area (Å²) in [6.45, 7) is 9.94. The van der Waals surface area contributed by atoms with E-state index in [1.54, 1.807) is 13.8 Å². The van der Waals surface area contributed by atoms with Crippen molar-refractivity contribution in [1.29, 1.82) is 0 Å². The number of amides is 3. The molecular weight excluding hydrogens is 368 g/mol. The van der Waals surface area contributed by atoms with Crippen LogP contribution in [0.15, 0.2) is 0 Å². The van der Waals surface area contributed by atoms with E-state index in [2.05, 4.69) is 16.0 Å². The number of carboxylic acids is 1. The first kappa shape index (κ1) is 25.8. The molecule has 0 rings (SSSR count). The van der Waals surface area contributed by atoms with E-state index in [9.17, 15) is 24.3 Å². The molecular formula is C18H34N4O6. The Bertz CT molecular complexity index is 564. The van der Waals surface area contributed by atoms with Crippen molar-refractivity contribution < 1.29 is 29.4 Å². The van der Waals surface area contributed by atoms with Crippen molar-refractivity contribution in [2.75, 3.05) is 0 Å². The third-order valence-electron chi connectivity index (χ3n) is 4.16. The minimum absolute atomic E-state index is 0.0853. The molecule has 0 aliphatic carbocycles. The quantitative estimate of drug-likeness (QED) is 0.256. The summed E-state index contributed by atoms with van der Waals surface area (Å²) in [6, 6.07) is -4.23. The number of rotatable bonds is 11. The molecule has 0 spiro atoms. The monoisotopic (exact) mass is 402 g/mol. The molecule has 0 saturated carbocycles. The van der Waals surface area contributed by atoms with Crippen LogP contribution >= 0.6 is 0 Å². The average molecular weight is 402 g/mol. The van der Waals surface area contributed by atoms with Gasteiger partial charge in [0.25, 0.3) is 0 Å². The number of nitrogens with two attached hydrogens (primary N) is 1. The average Bonchev–Trinajstić information content (AvgIpc) is 2.56. The number of carbonyl (C=O) groups is 4. The van der Waals surface area contributed by atoms with Crippen LogP contribution in [0.3, 0.4) is 0 Å². The first-order chi connectivity index (χ1) is 12.8. The van der Waals surface area contributed by atoms with E-state index >= 15 is 0 Å². The fraction of sp³-hybridized carbons (Fsp3) is 0.778. The van der Waals surface area contributed by atoms with E-state index in [4.69, 9.17) is 10.8 Å². The molecule has 0 aliphatic heterocycles. The molecule has 0 aromatic rings. The SMILES string of the molecule is CC(C)CC(NC(=O)C(N)C(C)C)C(=O)NC(C)C(=O)NC(C(=O)O)C(C)O. The predicted octanol–water partition coefficient (Wildman–Crippen LogP) is -1.04. The molecule has 10 nitrogen and oxygen atoms in total. The van der Waals surface area contributed by atoms with Gasteiger partial charge in [0.2, 0.25) is 17.7 Å². The normalized spacial score (nSPS) is 16.6. The maximum Gasteiger partial charge on any atom is 0.328 e. The van der Waals surface area contributed by atoms with Gasteiger partial charge in [0, 0.05) is 0 Å². The van der Waals surface area contributed by atoms with Crippen LogP contribution in [0, 0.1) is 11.8 Å². The summed E-state index contributed by atoms with van der Waals surface area (Å²) in [5.74, 6) is -3.23. The maximum absolute atomic E-state index is 12.6. The zero-order valence-electron chi connectivity index (χ0n) is 17.4. The Morgan fingerprint density at radius 3 is 1.79 bits per heavy atom. The number of carboxylic acid groups (broad SMARTS) is 1. The molecule has 0 saturated heterocycles. The number of carbonyl (C=O) groups excluding carboxylic acids is 3. The van der Waals surface area contributed by atoms with Gasteiger partial charge in [0.05, 0.1) is 12.1 Å². The zero-order valence-corrected chi connectivity index (χ0v) is 17.4. The van der Waals surface area contributed by atoms with Crippen molar-refractivity contribution in [3.63, 3.8) is 0 Å². The highest BCUT2D eigenvalue weighted by molar-refractivity contribution is 5.94. The Morgan fingerprint density at radius 2 is 1.39 bits per heavy atom. The highest BCUT2D eigenvalue weighted by Crippen LogP contribution is 2.07. The van der Waals surface area contributed by atoms with Gasteiger partial charge < -0.3 is 31.9 Å². The Morgan fingerprint density at radius 1 is 0.857 bits per heavy atom. The first-order valence-electron chi connectivity index (χ1n) is 9.35. The summed E-state index contributed by atoms with van der Waals surface area (Å²) in [5.41, 5.74) is 5.81. The smallest absolute Gasteiger partial charge is 0.328 e. The lowest BCUT2D eigenvalue weighted by molar-refractivity contribution is -0.145. The fourth-order valence-corrected chi connectivity index (χ4v) is 2.32. The molecule has 5 atom stereocenters. The zero-order chi connectivity index (χ0) is 22.2. The number of hydrogen-bond donors (Lipinski definition) is 6. The second-order valence-electron chi connectivity index (χ2n) is 7.76. The lowest BCUT2D eigenvalue weighted by Gasteiger charge is -2.25. The van der Waals surface area contributed by atoms with Crippen molar-refractivity contribution in [2.24, 2.45) is 17.6 Å². The summed E-state index contributed by atoms with van der Waals surface area (Å²) in [4.78, 5) is 48.0. The molecule has 0 aliphatic rings. The van der Waals surface area contributed by atoms with E-state index in [-0.39, 0.29) is 11.8 Å². The van der Waals surface area contributed by atoms with Gasteiger partial charge in [-0.3, -0.25) is 14.4 Å². The summed E-state index contributed by atoms with van der Waals surface area (Å²) < 4.78 is 0. The molecule has 7 N–H and O–H groups in total. The largest absolute Gasteiger partial charge is 0.480 e. The van der Waals surface area contributed by atoms with Gasteiger partial charge in [-0.05, 0) is 32.1 Å². The molecule has 162 valence electrons. The van der Waals surface area contributed by atoms with Crippen molar-refractivity contribution in [1.82, 2.24) is 16.0 Å². The Hall–Kier alpha value is -2.20. The van der Waals surface area contributed by atoms with E-state index in [0.29, 0.717) is 6.42 Å². The van der Waals surface area contributed by atoms with Gasteiger partial charge in [-0.1, -0.05) is 27.7 Å². The Kier molecular flexibility index (Phi) is 10.7. The summed E-state index contributed by atoms with van der Waals surface area (Å²) >= 11 is 0. The highest BCUT2D eigenvalue weighted by atomic mass is 16.4. The number of hydrogen-bond acceptors (Lipinski definition) is 6. The highest BCUT2D eigenvalue weighted by Gasteiger charge is 2.30. The number of nitrogens with one attached hydrogen (secondary N) is 3. The standard InChI is InChI=1S/C18H34N4O6/c1-8(2)7-12(21-17(26)13(19)9(3)4)16(25)20-10(5)15(24)22-14(11(6)23)18(27)28/h8-14,23H,7,19H2,1-6H3,(H,20,25)(H,21,26)(H,22,24)(H,27,28). The maximum atomic E-state index is 12.6. The van der Waals surface area contributed by atoms with Crippen molar-refractivity contribution >= 4 is 23.7 Å². The van der Waals surface area contributed by atoms with Crippen molar-refractivity contribution in [3.8, 4) is 0 Å². The van der Waals surface area contributed by atoms with Crippen LogP contribution in [0.1, 0.15) is 48.0 Å². The molecule has 10 heteroatoms. The van der Waals surface area contributed by atoms with E-state index in [0.717, 1.165) is 0 Å². The molecule has 0 radical (unpaired) electrons. The van der Waals surface area contributed by atoms with Crippen LogP contribution in [-0.2, 0) is 19.2 Å². The first-order valence-corrected chi connectivity index (χ1v) is 9.35. The molecule has 0 heterocycles. The van der Waals surface area contributed by atoms with Crippen LogP contribution in [0.5, 0.6) is 0 Å². The van der Waals surface area contributed by atoms with Gasteiger partial charge >= 0.3 is 5.97 Å². The van der Waals surface area contributed by atoms with Gasteiger partial charge in [0.15, 0.2) is 6.04 Å². The van der Waals surface area contributed by atoms with Gasteiger partial charge in [-0.25, -0.2) is 4.79 Å². The number of aliphatic carboxylic acids is 1. The number of aliphatic hydroxyl groups is 1. The van der Waals surface area contributed by atoms with Gasteiger partial charge in [-0.2, -0.15) is 0 Å². The second-order valence-corrected chi connectivity index (χ2v) is 7.76. The third kappa shape index (κ3) is 8.66. The molecule has 3 amide bonds. The summed E-state index contributed by atoms with van der Waals surface area (Å²) in [5, 5.41) is 25.7. The van der Waals surface area contributed by atoms with Crippen LogP contribution in [0.4, 0.5) is 0 Å². The number of aliphatic hydroxyl groups excluding tert-OH is 1. The topological polar surface area (TPSA) is 171 Å². The molecule has 0 aromatic heterocycles. The molecule has 0 aromatic carbocycles. The van der Waals surface area contributed by atoms with E-state index in [1.807, 2.05) is 13.8 Å². The van der Waals surface area contributed by atoms with E-state index in [1.165, 1.54) is 13.8 Å². The van der Waals surface area contributed by atoms with Crippen LogP contribution in [0.2, 0.25) is 0 Å². The van der Waals surface area contributed by atoms with Crippen LogP contribution < -0.4 is 21.7 Å². The minimum atomic E-state index is -1.50. The van der Waals surface area contributed by atoms with Crippen LogP contribution in [0.25, 0.3) is 0 Å². The summed E-state index contributed by atoms with van der Waals surface area (Å²) in [7, 11) is 0. The molecule has 0 fully saturated rings. The van der Waals surface area contributed by atoms with Crippen LogP contribution in [-0.4, -0.2) is 64.2 Å². The predicted molar refractivity (Wildman–Crippen MR) is 103 cm³/mol. The molecule has 28 heavy (non-hydrogen) atoms. The molecule has 0 bridgehead atoms. The van der Waals surface area contributed by atoms with Crippen molar-refractivity contribution in [2.45, 2.75) is 78.2 Å². The Labute approximate surface area is 165 Å². The van der Waals surface area contributed by atoms with Gasteiger partial charge in [0.1, 0.15) is 12.1 Å². The van der Waals surface area contributed by atoms with Crippen molar-refractivity contribution in [3.05, 3.63) is 0 Å². The van der Waals surface area contributed by atoms with Gasteiger partial charge in [-0.15, -0.1) is 0 Å². The van der Waals surface area contributed by atoms with E-state index < -0.39 is 54.0 Å². The lowest BCUT2D eigenvalue weighted by atomic mass is 10.0. The molecule has 5 unspecified atom stereocenters. The lowest BCUT2D eigenvalue weighted by Crippen LogP contribution is -2.58. The minimum Gasteiger partial charge on any atom is -0.480 e.